The fourth-order valence-electron chi connectivity index (χ4n) is 3.42. The molecule has 1 heterocycles. The normalized spacial score (nSPS) is 38.5. The van der Waals surface area contributed by atoms with Gasteiger partial charge in [0.25, 0.3) is 0 Å². The summed E-state index contributed by atoms with van der Waals surface area (Å²) in [5, 5.41) is 20.1. The van der Waals surface area contributed by atoms with Crippen molar-refractivity contribution in [2.45, 2.75) is 70.1 Å². The van der Waals surface area contributed by atoms with E-state index >= 15 is 0 Å². The smallest absolute Gasteiger partial charge is 0.157 e. The second-order valence-corrected chi connectivity index (χ2v) is 6.07. The summed E-state index contributed by atoms with van der Waals surface area (Å²) in [6.07, 6.45) is 8.74. The molecule has 3 unspecified atom stereocenters. The number of methoxy groups -OCH3 is 1. The highest BCUT2D eigenvalue weighted by Crippen LogP contribution is 2.44. The first kappa shape index (κ1) is 16.0. The second-order valence-electron chi connectivity index (χ2n) is 6.07. The first-order valence-electron chi connectivity index (χ1n) is 7.88. The SMILES string of the molecule is CCCCC[C@@H](O)C=CC1C(O)C[C@H]2OC(OC)C[C@H]12. The number of hydrogen-bond acceptors (Lipinski definition) is 4. The van der Waals surface area contributed by atoms with E-state index in [0.29, 0.717) is 12.3 Å². The Kier molecular flexibility index (Phi) is 6.02. The van der Waals surface area contributed by atoms with Gasteiger partial charge in [0.1, 0.15) is 0 Å². The molecule has 20 heavy (non-hydrogen) atoms. The molecule has 0 aromatic heterocycles. The maximum absolute atomic E-state index is 10.1. The predicted octanol–water partition coefficient (Wildman–Crippen LogP) is 2.24. The highest BCUT2D eigenvalue weighted by molar-refractivity contribution is 5.06. The van der Waals surface area contributed by atoms with E-state index in [0.717, 1.165) is 32.1 Å². The van der Waals surface area contributed by atoms with Crippen LogP contribution in [0.3, 0.4) is 0 Å². The van der Waals surface area contributed by atoms with E-state index in [1.807, 2.05) is 12.2 Å². The number of fused-ring (bicyclic) bond motifs is 1. The largest absolute Gasteiger partial charge is 0.392 e. The van der Waals surface area contributed by atoms with Crippen LogP contribution >= 0.6 is 0 Å². The summed E-state index contributed by atoms with van der Waals surface area (Å²) in [5.41, 5.74) is 0. The Morgan fingerprint density at radius 2 is 2.15 bits per heavy atom. The molecule has 1 saturated heterocycles. The van der Waals surface area contributed by atoms with Crippen molar-refractivity contribution in [1.82, 2.24) is 0 Å². The van der Waals surface area contributed by atoms with Crippen LogP contribution in [0, 0.1) is 11.8 Å². The molecule has 2 N–H and O–H groups in total. The van der Waals surface area contributed by atoms with Crippen LogP contribution in [-0.2, 0) is 9.47 Å². The van der Waals surface area contributed by atoms with Crippen molar-refractivity contribution >= 4 is 0 Å². The van der Waals surface area contributed by atoms with Crippen molar-refractivity contribution in [3.63, 3.8) is 0 Å². The van der Waals surface area contributed by atoms with Gasteiger partial charge in [-0.2, -0.15) is 0 Å². The van der Waals surface area contributed by atoms with E-state index in [1.165, 1.54) is 0 Å². The molecule has 6 atom stereocenters. The van der Waals surface area contributed by atoms with Crippen LogP contribution in [0.5, 0.6) is 0 Å². The molecule has 0 aromatic rings. The van der Waals surface area contributed by atoms with E-state index < -0.39 is 6.10 Å². The second kappa shape index (κ2) is 7.55. The van der Waals surface area contributed by atoms with Crippen molar-refractivity contribution in [3.05, 3.63) is 12.2 Å². The third-order valence-electron chi connectivity index (χ3n) is 4.60. The third-order valence-corrected chi connectivity index (χ3v) is 4.60. The molecule has 4 nitrogen and oxygen atoms in total. The molecular weight excluding hydrogens is 256 g/mol. The molecule has 4 heteroatoms. The molecule has 2 aliphatic rings. The minimum atomic E-state index is -0.395. The lowest BCUT2D eigenvalue weighted by Gasteiger charge is -2.17. The van der Waals surface area contributed by atoms with Crippen molar-refractivity contribution in [2.75, 3.05) is 7.11 Å². The van der Waals surface area contributed by atoms with Gasteiger partial charge in [-0.15, -0.1) is 0 Å². The van der Waals surface area contributed by atoms with Crippen LogP contribution in [0.2, 0.25) is 0 Å². The lowest BCUT2D eigenvalue weighted by molar-refractivity contribution is -0.118. The van der Waals surface area contributed by atoms with Gasteiger partial charge in [-0.25, -0.2) is 0 Å². The Labute approximate surface area is 121 Å². The molecule has 0 spiro atoms. The fraction of sp³-hybridized carbons (Fsp3) is 0.875. The Morgan fingerprint density at radius 1 is 1.35 bits per heavy atom. The van der Waals surface area contributed by atoms with Gasteiger partial charge in [0.05, 0.1) is 18.3 Å². The van der Waals surface area contributed by atoms with Crippen LogP contribution in [0.25, 0.3) is 0 Å². The van der Waals surface area contributed by atoms with Gasteiger partial charge in [0, 0.05) is 25.9 Å². The van der Waals surface area contributed by atoms with Crippen LogP contribution in [0.4, 0.5) is 0 Å². The van der Waals surface area contributed by atoms with Crippen molar-refractivity contribution in [2.24, 2.45) is 11.8 Å². The molecule has 1 aliphatic heterocycles. The lowest BCUT2D eigenvalue weighted by Crippen LogP contribution is -2.19. The third kappa shape index (κ3) is 3.82. The Hall–Kier alpha value is -0.420. The predicted molar refractivity (Wildman–Crippen MR) is 77.2 cm³/mol. The zero-order chi connectivity index (χ0) is 14.5. The molecular formula is C16H28O4. The molecule has 0 aromatic carbocycles. The minimum Gasteiger partial charge on any atom is -0.392 e. The fourth-order valence-corrected chi connectivity index (χ4v) is 3.42. The minimum absolute atomic E-state index is 0.0842. The van der Waals surface area contributed by atoms with E-state index in [4.69, 9.17) is 9.47 Å². The summed E-state index contributed by atoms with van der Waals surface area (Å²) in [4.78, 5) is 0. The van der Waals surface area contributed by atoms with E-state index in [2.05, 4.69) is 6.92 Å². The average molecular weight is 284 g/mol. The van der Waals surface area contributed by atoms with Gasteiger partial charge >= 0.3 is 0 Å². The monoisotopic (exact) mass is 284 g/mol. The van der Waals surface area contributed by atoms with Crippen molar-refractivity contribution < 1.29 is 19.7 Å². The first-order chi connectivity index (χ1) is 9.65. The molecule has 0 radical (unpaired) electrons. The summed E-state index contributed by atoms with van der Waals surface area (Å²) in [6, 6.07) is 0. The van der Waals surface area contributed by atoms with E-state index in [1.54, 1.807) is 7.11 Å². The maximum atomic E-state index is 10.1. The number of aliphatic hydroxyl groups excluding tert-OH is 2. The Balaban J connectivity index is 1.84. The quantitative estimate of drug-likeness (QED) is 0.556. The number of unbranched alkanes of at least 4 members (excludes halogenated alkanes) is 2. The van der Waals surface area contributed by atoms with Gasteiger partial charge in [-0.05, 0) is 12.3 Å². The highest BCUT2D eigenvalue weighted by Gasteiger charge is 2.48. The van der Waals surface area contributed by atoms with E-state index in [9.17, 15) is 10.2 Å². The lowest BCUT2D eigenvalue weighted by atomic mass is 9.91. The highest BCUT2D eigenvalue weighted by atomic mass is 16.7. The van der Waals surface area contributed by atoms with Gasteiger partial charge in [-0.3, -0.25) is 0 Å². The molecule has 1 aliphatic carbocycles. The van der Waals surface area contributed by atoms with Crippen LogP contribution in [0.15, 0.2) is 12.2 Å². The zero-order valence-corrected chi connectivity index (χ0v) is 12.6. The van der Waals surface area contributed by atoms with Gasteiger partial charge < -0.3 is 19.7 Å². The van der Waals surface area contributed by atoms with Crippen LogP contribution < -0.4 is 0 Å². The summed E-state index contributed by atoms with van der Waals surface area (Å²) in [6.45, 7) is 2.16. The van der Waals surface area contributed by atoms with Crippen LogP contribution in [-0.4, -0.2) is 41.9 Å². The number of aliphatic hydroxyl groups is 2. The van der Waals surface area contributed by atoms with Gasteiger partial charge in [0.15, 0.2) is 6.29 Å². The summed E-state index contributed by atoms with van der Waals surface area (Å²) in [7, 11) is 1.66. The number of ether oxygens (including phenoxy) is 2. The molecule has 2 rings (SSSR count). The van der Waals surface area contributed by atoms with Gasteiger partial charge in [0.2, 0.25) is 0 Å². The molecule has 2 fully saturated rings. The average Bonchev–Trinajstić information content (AvgIpc) is 2.93. The molecule has 1 saturated carbocycles. The topological polar surface area (TPSA) is 58.9 Å². The van der Waals surface area contributed by atoms with Gasteiger partial charge in [-0.1, -0.05) is 38.3 Å². The zero-order valence-electron chi connectivity index (χ0n) is 12.6. The molecule has 116 valence electrons. The summed E-state index contributed by atoms with van der Waals surface area (Å²) < 4.78 is 11.0. The Bertz CT molecular complexity index is 318. The summed E-state index contributed by atoms with van der Waals surface area (Å²) >= 11 is 0. The Morgan fingerprint density at radius 3 is 2.85 bits per heavy atom. The van der Waals surface area contributed by atoms with Crippen molar-refractivity contribution in [3.8, 4) is 0 Å². The van der Waals surface area contributed by atoms with Crippen molar-refractivity contribution in [1.29, 1.82) is 0 Å². The van der Waals surface area contributed by atoms with Crippen LogP contribution in [0.1, 0.15) is 45.4 Å². The molecule has 0 amide bonds. The summed E-state index contributed by atoms with van der Waals surface area (Å²) in [5.74, 6) is 0.398. The van der Waals surface area contributed by atoms with E-state index in [-0.39, 0.29) is 24.4 Å². The number of rotatable bonds is 7. The standard InChI is InChI=1S/C16H28O4/c1-3-4-5-6-11(17)7-8-12-13-9-16(19-2)20-15(13)10-14(12)18/h7-8,11-18H,3-6,9-10H2,1-2H3/t11-,12?,13-,14?,15-,16?/m1/s1. The number of hydrogen-bond donors (Lipinski definition) is 2. The maximum Gasteiger partial charge on any atom is 0.157 e. The molecule has 0 bridgehead atoms. The first-order valence-corrected chi connectivity index (χ1v) is 7.88.